The zero-order valence-electron chi connectivity index (χ0n) is 9.09. The van der Waals surface area contributed by atoms with Gasteiger partial charge in [0, 0.05) is 23.8 Å². The maximum Gasteiger partial charge on any atom is 0.185 e. The van der Waals surface area contributed by atoms with Crippen molar-refractivity contribution in [3.05, 3.63) is 36.7 Å². The standard InChI is InChI=1S/C13H10N4/c1-2-13-14-6-3-7-17(13)11-4-5-12-10(8-11)9-15-16-12/h1,3-6,8-9H,7H2,(H,15,16). The van der Waals surface area contributed by atoms with Crippen LogP contribution in [0.15, 0.2) is 41.7 Å². The van der Waals surface area contributed by atoms with Crippen molar-refractivity contribution in [3.8, 4) is 12.3 Å². The molecule has 82 valence electrons. The normalized spacial score (nSPS) is 14.8. The smallest absolute Gasteiger partial charge is 0.185 e. The number of anilines is 1. The van der Waals surface area contributed by atoms with E-state index in [4.69, 9.17) is 6.42 Å². The van der Waals surface area contributed by atoms with Crippen LogP contribution in [-0.4, -0.2) is 22.6 Å². The first-order valence-electron chi connectivity index (χ1n) is 5.28. The Balaban J connectivity index is 2.06. The summed E-state index contributed by atoms with van der Waals surface area (Å²) in [7, 11) is 0. The zero-order valence-corrected chi connectivity index (χ0v) is 9.09. The highest BCUT2D eigenvalue weighted by Crippen LogP contribution is 2.22. The van der Waals surface area contributed by atoms with Crippen LogP contribution in [0.4, 0.5) is 5.69 Å². The molecular weight excluding hydrogens is 212 g/mol. The molecule has 0 spiro atoms. The second kappa shape index (κ2) is 3.80. The summed E-state index contributed by atoms with van der Waals surface area (Å²) in [5.41, 5.74) is 2.04. The highest BCUT2D eigenvalue weighted by molar-refractivity contribution is 6.11. The van der Waals surface area contributed by atoms with Crippen molar-refractivity contribution in [3.63, 3.8) is 0 Å². The van der Waals surface area contributed by atoms with Gasteiger partial charge >= 0.3 is 0 Å². The third kappa shape index (κ3) is 1.58. The van der Waals surface area contributed by atoms with Crippen molar-refractivity contribution in [2.45, 2.75) is 0 Å². The summed E-state index contributed by atoms with van der Waals surface area (Å²) in [4.78, 5) is 6.17. The minimum absolute atomic E-state index is 0.635. The van der Waals surface area contributed by atoms with Gasteiger partial charge in [-0.3, -0.25) is 5.10 Å². The number of aromatic nitrogens is 2. The van der Waals surface area contributed by atoms with Crippen molar-refractivity contribution < 1.29 is 0 Å². The SMILES string of the molecule is C#CC1=NC=CCN1c1ccc2[nH]ncc2c1. The zero-order chi connectivity index (χ0) is 11.7. The summed E-state index contributed by atoms with van der Waals surface area (Å²) in [6, 6.07) is 6.04. The molecule has 0 amide bonds. The highest BCUT2D eigenvalue weighted by Gasteiger charge is 2.13. The molecule has 0 unspecified atom stereocenters. The van der Waals surface area contributed by atoms with E-state index in [2.05, 4.69) is 21.1 Å². The monoisotopic (exact) mass is 222 g/mol. The first kappa shape index (κ1) is 9.67. The number of benzene rings is 1. The number of amidine groups is 1. The lowest BCUT2D eigenvalue weighted by molar-refractivity contribution is 1.11. The topological polar surface area (TPSA) is 44.3 Å². The van der Waals surface area contributed by atoms with Crippen LogP contribution in [0.25, 0.3) is 10.9 Å². The molecule has 0 radical (unpaired) electrons. The molecule has 1 aliphatic rings. The van der Waals surface area contributed by atoms with E-state index >= 15 is 0 Å². The lowest BCUT2D eigenvalue weighted by Gasteiger charge is -2.23. The number of nitrogens with zero attached hydrogens (tertiary/aromatic N) is 3. The third-order valence-electron chi connectivity index (χ3n) is 2.71. The quantitative estimate of drug-likeness (QED) is 0.749. The molecule has 17 heavy (non-hydrogen) atoms. The number of aliphatic imine (C=N–C) groups is 1. The average Bonchev–Trinajstić information content (AvgIpc) is 2.85. The summed E-state index contributed by atoms with van der Waals surface area (Å²) in [6.07, 6.45) is 11.0. The van der Waals surface area contributed by atoms with Crippen LogP contribution in [0, 0.1) is 12.3 Å². The van der Waals surface area contributed by atoms with Crippen LogP contribution < -0.4 is 4.90 Å². The van der Waals surface area contributed by atoms with Gasteiger partial charge in [-0.05, 0) is 30.2 Å². The van der Waals surface area contributed by atoms with E-state index in [1.165, 1.54) is 0 Å². The number of nitrogens with one attached hydrogen (secondary N) is 1. The van der Waals surface area contributed by atoms with Crippen molar-refractivity contribution >= 4 is 22.4 Å². The molecule has 3 rings (SSSR count). The number of H-pyrrole nitrogens is 1. The molecule has 0 saturated heterocycles. The number of fused-ring (bicyclic) bond motifs is 1. The van der Waals surface area contributed by atoms with Crippen LogP contribution >= 0.6 is 0 Å². The van der Waals surface area contributed by atoms with Crippen molar-refractivity contribution in [2.75, 3.05) is 11.4 Å². The van der Waals surface area contributed by atoms with Gasteiger partial charge in [-0.1, -0.05) is 0 Å². The van der Waals surface area contributed by atoms with Gasteiger partial charge < -0.3 is 4.90 Å². The summed E-state index contributed by atoms with van der Waals surface area (Å²) < 4.78 is 0. The number of hydrogen-bond acceptors (Lipinski definition) is 3. The predicted molar refractivity (Wildman–Crippen MR) is 68.8 cm³/mol. The Bertz CT molecular complexity index is 657. The molecule has 0 aliphatic carbocycles. The molecule has 4 heteroatoms. The molecule has 1 aromatic carbocycles. The fourth-order valence-corrected chi connectivity index (χ4v) is 1.87. The molecule has 1 N–H and O–H groups in total. The molecule has 0 bridgehead atoms. The number of terminal acetylenes is 1. The lowest BCUT2D eigenvalue weighted by atomic mass is 10.2. The van der Waals surface area contributed by atoms with Crippen LogP contribution in [0.5, 0.6) is 0 Å². The van der Waals surface area contributed by atoms with E-state index < -0.39 is 0 Å². The Kier molecular flexibility index (Phi) is 2.16. The first-order chi connectivity index (χ1) is 8.38. The largest absolute Gasteiger partial charge is 0.315 e. The average molecular weight is 222 g/mol. The number of hydrogen-bond donors (Lipinski definition) is 1. The number of rotatable bonds is 1. The molecular formula is C13H10N4. The lowest BCUT2D eigenvalue weighted by Crippen LogP contribution is -2.31. The summed E-state index contributed by atoms with van der Waals surface area (Å²) in [5, 5.41) is 7.98. The van der Waals surface area contributed by atoms with E-state index in [1.54, 1.807) is 12.4 Å². The van der Waals surface area contributed by atoms with Crippen LogP contribution in [0.2, 0.25) is 0 Å². The van der Waals surface area contributed by atoms with E-state index in [-0.39, 0.29) is 0 Å². The molecule has 2 aromatic rings. The van der Waals surface area contributed by atoms with Gasteiger partial charge in [-0.25, -0.2) is 4.99 Å². The first-order valence-corrected chi connectivity index (χ1v) is 5.28. The molecule has 0 saturated carbocycles. The van der Waals surface area contributed by atoms with Gasteiger partial charge in [-0.15, -0.1) is 6.42 Å². The summed E-state index contributed by atoms with van der Waals surface area (Å²) in [5.74, 6) is 3.23. The fourth-order valence-electron chi connectivity index (χ4n) is 1.87. The maximum absolute atomic E-state index is 5.45. The molecule has 0 fully saturated rings. The molecule has 0 atom stereocenters. The van der Waals surface area contributed by atoms with Gasteiger partial charge in [0.05, 0.1) is 11.7 Å². The predicted octanol–water partition coefficient (Wildman–Crippen LogP) is 1.93. The van der Waals surface area contributed by atoms with Crippen LogP contribution in [0.1, 0.15) is 0 Å². The van der Waals surface area contributed by atoms with Gasteiger partial charge in [0.25, 0.3) is 0 Å². The van der Waals surface area contributed by atoms with Gasteiger partial charge in [-0.2, -0.15) is 5.10 Å². The van der Waals surface area contributed by atoms with E-state index in [1.807, 2.05) is 29.2 Å². The Hall–Kier alpha value is -2.54. The molecule has 1 aromatic heterocycles. The molecule has 1 aliphatic heterocycles. The Morgan fingerprint density at radius 1 is 1.41 bits per heavy atom. The number of aromatic amines is 1. The Labute approximate surface area is 98.7 Å². The second-order valence-electron chi connectivity index (χ2n) is 3.73. The maximum atomic E-state index is 5.45. The van der Waals surface area contributed by atoms with Crippen molar-refractivity contribution in [1.29, 1.82) is 0 Å². The summed E-state index contributed by atoms with van der Waals surface area (Å²) >= 11 is 0. The Morgan fingerprint density at radius 3 is 3.24 bits per heavy atom. The van der Waals surface area contributed by atoms with Gasteiger partial charge in [0.1, 0.15) is 0 Å². The second-order valence-corrected chi connectivity index (χ2v) is 3.73. The van der Waals surface area contributed by atoms with Crippen molar-refractivity contribution in [1.82, 2.24) is 10.2 Å². The minimum atomic E-state index is 0.635. The molecule has 2 heterocycles. The van der Waals surface area contributed by atoms with E-state index in [0.29, 0.717) is 5.84 Å². The van der Waals surface area contributed by atoms with Crippen molar-refractivity contribution in [2.24, 2.45) is 4.99 Å². The van der Waals surface area contributed by atoms with Crippen LogP contribution in [-0.2, 0) is 0 Å². The third-order valence-corrected chi connectivity index (χ3v) is 2.71. The van der Waals surface area contributed by atoms with Crippen LogP contribution in [0.3, 0.4) is 0 Å². The highest BCUT2D eigenvalue weighted by atomic mass is 15.2. The van der Waals surface area contributed by atoms with Gasteiger partial charge in [0.2, 0.25) is 0 Å². The fraction of sp³-hybridized carbons (Fsp3) is 0.0769. The van der Waals surface area contributed by atoms with Gasteiger partial charge in [0.15, 0.2) is 5.84 Å². The summed E-state index contributed by atoms with van der Waals surface area (Å²) in [6.45, 7) is 0.742. The minimum Gasteiger partial charge on any atom is -0.315 e. The van der Waals surface area contributed by atoms with E-state index in [9.17, 15) is 0 Å². The van der Waals surface area contributed by atoms with E-state index in [0.717, 1.165) is 23.1 Å². The Morgan fingerprint density at radius 2 is 2.35 bits per heavy atom. The molecule has 4 nitrogen and oxygen atoms in total.